The topological polar surface area (TPSA) is 85.6 Å². The molecule has 7 nitrogen and oxygen atoms in total. The number of hydrogen-bond donors (Lipinski definition) is 0. The van der Waals surface area contributed by atoms with Gasteiger partial charge in [0.1, 0.15) is 6.04 Å². The van der Waals surface area contributed by atoms with Gasteiger partial charge in [0, 0.05) is 23.3 Å². The highest BCUT2D eigenvalue weighted by molar-refractivity contribution is 9.10. The molecule has 0 bridgehead atoms. The molecule has 0 spiro atoms. The number of aromatic nitrogens is 1. The number of halogens is 1. The van der Waals surface area contributed by atoms with Gasteiger partial charge in [0.2, 0.25) is 5.82 Å². The first-order valence-corrected chi connectivity index (χ1v) is 7.07. The number of anilines is 1. The third-order valence-electron chi connectivity index (χ3n) is 3.09. The smallest absolute Gasteiger partial charge is 0.328 e. The maximum Gasteiger partial charge on any atom is 0.328 e. The average molecular weight is 344 g/mol. The average Bonchev–Trinajstić information content (AvgIpc) is 2.88. The Kier molecular flexibility index (Phi) is 4.53. The minimum absolute atomic E-state index is 0.115. The lowest BCUT2D eigenvalue weighted by Gasteiger charge is -2.23. The maximum absolute atomic E-state index is 11.9. The van der Waals surface area contributed by atoms with Crippen LogP contribution in [0.25, 0.3) is 0 Å². The Bertz CT molecular complexity index is 537. The van der Waals surface area contributed by atoms with Crippen molar-refractivity contribution in [2.24, 2.45) is 0 Å². The fourth-order valence-corrected chi connectivity index (χ4v) is 2.60. The summed E-state index contributed by atoms with van der Waals surface area (Å²) in [4.78, 5) is 28.3. The first kappa shape index (κ1) is 14.7. The fourth-order valence-electron chi connectivity index (χ4n) is 2.28. The number of nitrogens with zero attached hydrogens (tertiary/aromatic N) is 3. The SMILES string of the molecule is CCOC(=O)C1CCCN1c1ncc(Br)cc1[N+](=O)[O-]. The van der Waals surface area contributed by atoms with E-state index in [9.17, 15) is 14.9 Å². The second-order valence-corrected chi connectivity index (χ2v) is 5.27. The van der Waals surface area contributed by atoms with Crippen molar-refractivity contribution >= 4 is 33.4 Å². The standard InChI is InChI=1S/C12H14BrN3O4/c1-2-20-12(17)9-4-3-5-15(9)11-10(16(18)19)6-8(13)7-14-11/h6-7,9H,2-5H2,1H3. The van der Waals surface area contributed by atoms with Crippen molar-refractivity contribution in [1.82, 2.24) is 4.98 Å². The van der Waals surface area contributed by atoms with E-state index in [0.717, 1.165) is 6.42 Å². The van der Waals surface area contributed by atoms with Crippen LogP contribution in [0.4, 0.5) is 11.5 Å². The zero-order valence-electron chi connectivity index (χ0n) is 10.9. The van der Waals surface area contributed by atoms with Crippen LogP contribution in [0.2, 0.25) is 0 Å². The summed E-state index contributed by atoms with van der Waals surface area (Å²) in [5, 5.41) is 11.1. The number of carbonyl (C=O) groups is 1. The molecule has 0 amide bonds. The van der Waals surface area contributed by atoms with Crippen molar-refractivity contribution in [3.63, 3.8) is 0 Å². The van der Waals surface area contributed by atoms with Crippen molar-refractivity contribution in [3.8, 4) is 0 Å². The molecule has 108 valence electrons. The summed E-state index contributed by atoms with van der Waals surface area (Å²) in [7, 11) is 0. The molecule has 1 saturated heterocycles. The van der Waals surface area contributed by atoms with Crippen LogP contribution in [0, 0.1) is 10.1 Å². The van der Waals surface area contributed by atoms with Gasteiger partial charge in [-0.3, -0.25) is 10.1 Å². The maximum atomic E-state index is 11.9. The Balaban J connectivity index is 2.35. The van der Waals surface area contributed by atoms with Gasteiger partial charge in [-0.2, -0.15) is 0 Å². The minimum Gasteiger partial charge on any atom is -0.464 e. The third-order valence-corrected chi connectivity index (χ3v) is 3.53. The van der Waals surface area contributed by atoms with Gasteiger partial charge in [0.25, 0.3) is 0 Å². The van der Waals surface area contributed by atoms with Crippen LogP contribution in [0.1, 0.15) is 19.8 Å². The molecule has 1 aromatic heterocycles. The van der Waals surface area contributed by atoms with Crippen LogP contribution in [-0.2, 0) is 9.53 Å². The Morgan fingerprint density at radius 1 is 1.70 bits per heavy atom. The highest BCUT2D eigenvalue weighted by Gasteiger charge is 2.36. The lowest BCUT2D eigenvalue weighted by Crippen LogP contribution is -2.38. The molecule has 0 aliphatic carbocycles. The summed E-state index contributed by atoms with van der Waals surface area (Å²) in [5.41, 5.74) is -0.115. The molecule has 1 unspecified atom stereocenters. The summed E-state index contributed by atoms with van der Waals surface area (Å²) in [6, 6.07) is 0.894. The predicted molar refractivity (Wildman–Crippen MR) is 75.6 cm³/mol. The summed E-state index contributed by atoms with van der Waals surface area (Å²) in [5.74, 6) is -0.141. The van der Waals surface area contributed by atoms with Crippen LogP contribution in [0.3, 0.4) is 0 Å². The molecular weight excluding hydrogens is 330 g/mol. The highest BCUT2D eigenvalue weighted by Crippen LogP contribution is 2.33. The molecule has 0 radical (unpaired) electrons. The Labute approximate surface area is 124 Å². The first-order valence-electron chi connectivity index (χ1n) is 6.27. The minimum atomic E-state index is -0.498. The van der Waals surface area contributed by atoms with E-state index in [1.807, 2.05) is 0 Å². The van der Waals surface area contributed by atoms with Crippen LogP contribution < -0.4 is 4.90 Å². The van der Waals surface area contributed by atoms with Crippen molar-refractivity contribution < 1.29 is 14.5 Å². The van der Waals surface area contributed by atoms with Crippen molar-refractivity contribution in [2.45, 2.75) is 25.8 Å². The normalized spacial score (nSPS) is 18.1. The largest absolute Gasteiger partial charge is 0.464 e. The van der Waals surface area contributed by atoms with Crippen LogP contribution in [0.5, 0.6) is 0 Å². The van der Waals surface area contributed by atoms with E-state index in [0.29, 0.717) is 24.0 Å². The number of rotatable bonds is 4. The van der Waals surface area contributed by atoms with Crippen LogP contribution in [0.15, 0.2) is 16.7 Å². The van der Waals surface area contributed by atoms with E-state index >= 15 is 0 Å². The molecule has 1 atom stereocenters. The molecule has 1 aliphatic heterocycles. The fraction of sp³-hybridized carbons (Fsp3) is 0.500. The number of hydrogen-bond acceptors (Lipinski definition) is 6. The molecule has 0 saturated carbocycles. The highest BCUT2D eigenvalue weighted by atomic mass is 79.9. The molecule has 8 heteroatoms. The van der Waals surface area contributed by atoms with Gasteiger partial charge in [-0.1, -0.05) is 0 Å². The van der Waals surface area contributed by atoms with Gasteiger partial charge in [-0.05, 0) is 35.7 Å². The van der Waals surface area contributed by atoms with Crippen LogP contribution >= 0.6 is 15.9 Å². The number of ether oxygens (including phenoxy) is 1. The molecule has 0 aromatic carbocycles. The van der Waals surface area contributed by atoms with Gasteiger partial charge in [0.15, 0.2) is 0 Å². The van der Waals surface area contributed by atoms with Gasteiger partial charge in [-0.15, -0.1) is 0 Å². The van der Waals surface area contributed by atoms with E-state index in [-0.39, 0.29) is 17.5 Å². The Hall–Kier alpha value is -1.70. The van der Waals surface area contributed by atoms with E-state index in [1.165, 1.54) is 12.3 Å². The second kappa shape index (κ2) is 6.17. The summed E-state index contributed by atoms with van der Waals surface area (Å²) in [6.45, 7) is 2.58. The first-order chi connectivity index (χ1) is 9.54. The third kappa shape index (κ3) is 2.90. The zero-order valence-corrected chi connectivity index (χ0v) is 12.5. The Morgan fingerprint density at radius 3 is 3.10 bits per heavy atom. The lowest BCUT2D eigenvalue weighted by atomic mass is 10.2. The molecule has 2 rings (SSSR count). The monoisotopic (exact) mass is 343 g/mol. The summed E-state index contributed by atoms with van der Waals surface area (Å²) < 4.78 is 5.54. The van der Waals surface area contributed by atoms with Gasteiger partial charge >= 0.3 is 11.7 Å². The molecule has 1 fully saturated rings. The number of esters is 1. The van der Waals surface area contributed by atoms with E-state index < -0.39 is 11.0 Å². The molecule has 20 heavy (non-hydrogen) atoms. The molecular formula is C12H14BrN3O4. The quantitative estimate of drug-likeness (QED) is 0.473. The van der Waals surface area contributed by atoms with Crippen molar-refractivity contribution in [1.29, 1.82) is 0 Å². The number of pyridine rings is 1. The van der Waals surface area contributed by atoms with Crippen molar-refractivity contribution in [2.75, 3.05) is 18.1 Å². The summed E-state index contributed by atoms with van der Waals surface area (Å²) >= 11 is 3.17. The van der Waals surface area contributed by atoms with E-state index in [4.69, 9.17) is 4.74 Å². The molecule has 1 aliphatic rings. The van der Waals surface area contributed by atoms with Crippen molar-refractivity contribution in [3.05, 3.63) is 26.9 Å². The molecule has 0 N–H and O–H groups in total. The predicted octanol–water partition coefficient (Wildman–Crippen LogP) is 2.28. The number of carbonyl (C=O) groups excluding carboxylic acids is 1. The Morgan fingerprint density at radius 2 is 2.45 bits per heavy atom. The molecule has 1 aromatic rings. The van der Waals surface area contributed by atoms with Gasteiger partial charge < -0.3 is 9.64 Å². The van der Waals surface area contributed by atoms with E-state index in [2.05, 4.69) is 20.9 Å². The zero-order chi connectivity index (χ0) is 14.7. The lowest BCUT2D eigenvalue weighted by molar-refractivity contribution is -0.384. The van der Waals surface area contributed by atoms with Crippen LogP contribution in [-0.4, -0.2) is 35.1 Å². The van der Waals surface area contributed by atoms with E-state index in [1.54, 1.807) is 11.8 Å². The molecule has 2 heterocycles. The number of nitro groups is 1. The van der Waals surface area contributed by atoms with Gasteiger partial charge in [0.05, 0.1) is 11.5 Å². The second-order valence-electron chi connectivity index (χ2n) is 4.36. The van der Waals surface area contributed by atoms with Gasteiger partial charge in [-0.25, -0.2) is 9.78 Å². The summed E-state index contributed by atoms with van der Waals surface area (Å²) in [6.07, 6.45) is 2.88.